The number of hydrogen-bond acceptors (Lipinski definition) is 4. The van der Waals surface area contributed by atoms with E-state index in [0.717, 1.165) is 0 Å². The van der Waals surface area contributed by atoms with E-state index < -0.39 is 5.91 Å². The molecule has 0 saturated carbocycles. The summed E-state index contributed by atoms with van der Waals surface area (Å²) >= 11 is 0. The summed E-state index contributed by atoms with van der Waals surface area (Å²) in [4.78, 5) is 11.2. The molecule has 0 aromatic heterocycles. The first-order valence-corrected chi connectivity index (χ1v) is 4.99. The first-order valence-electron chi connectivity index (χ1n) is 4.99. The average molecular weight is 223 g/mol. The molecule has 5 N–H and O–H groups in total. The smallest absolute Gasteiger partial charge is 0.250 e. The predicted octanol–water partition coefficient (Wildman–Crippen LogP) is 0.815. The third kappa shape index (κ3) is 3.13. The number of nitrogens with one attached hydrogen (secondary N) is 1. The molecule has 1 aromatic carbocycles. The quantitative estimate of drug-likeness (QED) is 0.644. The fraction of sp³-hybridized carbons (Fsp3) is 0.364. The molecule has 1 unspecified atom stereocenters. The molecule has 0 aliphatic rings. The lowest BCUT2D eigenvalue weighted by atomic mass is 10.1. The van der Waals surface area contributed by atoms with Gasteiger partial charge < -0.3 is 21.5 Å². The molecular formula is C11H17N3O2. The van der Waals surface area contributed by atoms with Gasteiger partial charge in [-0.3, -0.25) is 4.79 Å². The molecule has 0 spiro atoms. The van der Waals surface area contributed by atoms with Crippen molar-refractivity contribution >= 4 is 17.3 Å². The van der Waals surface area contributed by atoms with Gasteiger partial charge in [0.15, 0.2) is 0 Å². The molecule has 0 bridgehead atoms. The van der Waals surface area contributed by atoms with Gasteiger partial charge in [-0.1, -0.05) is 0 Å². The fourth-order valence-corrected chi connectivity index (χ4v) is 1.45. The third-order valence-electron chi connectivity index (χ3n) is 2.13. The summed E-state index contributed by atoms with van der Waals surface area (Å²) in [5, 5.41) is 3.14. The van der Waals surface area contributed by atoms with Gasteiger partial charge >= 0.3 is 0 Å². The van der Waals surface area contributed by atoms with E-state index in [1.807, 2.05) is 6.92 Å². The van der Waals surface area contributed by atoms with E-state index in [1.54, 1.807) is 25.3 Å². The van der Waals surface area contributed by atoms with Gasteiger partial charge in [-0.25, -0.2) is 0 Å². The zero-order chi connectivity index (χ0) is 12.1. The van der Waals surface area contributed by atoms with Crippen LogP contribution in [0.3, 0.4) is 0 Å². The van der Waals surface area contributed by atoms with Crippen LogP contribution in [0.4, 0.5) is 11.4 Å². The van der Waals surface area contributed by atoms with Crippen LogP contribution in [0, 0.1) is 0 Å². The van der Waals surface area contributed by atoms with Crippen molar-refractivity contribution in [3.8, 4) is 0 Å². The van der Waals surface area contributed by atoms with Crippen molar-refractivity contribution in [2.24, 2.45) is 5.73 Å². The van der Waals surface area contributed by atoms with Gasteiger partial charge in [-0.2, -0.15) is 0 Å². The molecule has 0 heterocycles. The molecule has 1 amide bonds. The summed E-state index contributed by atoms with van der Waals surface area (Å²) in [7, 11) is 1.62. The summed E-state index contributed by atoms with van der Waals surface area (Å²) < 4.78 is 5.00. The molecule has 5 nitrogen and oxygen atoms in total. The number of hydrogen-bond donors (Lipinski definition) is 3. The van der Waals surface area contributed by atoms with Crippen molar-refractivity contribution in [2.75, 3.05) is 24.8 Å². The Morgan fingerprint density at radius 2 is 2.25 bits per heavy atom. The minimum Gasteiger partial charge on any atom is -0.399 e. The number of carbonyl (C=O) groups is 1. The monoisotopic (exact) mass is 223 g/mol. The first kappa shape index (κ1) is 12.3. The Bertz CT molecular complexity index is 379. The number of nitrogen functional groups attached to an aromatic ring is 1. The van der Waals surface area contributed by atoms with Crippen LogP contribution in [0.25, 0.3) is 0 Å². The van der Waals surface area contributed by atoms with E-state index in [0.29, 0.717) is 23.5 Å². The lowest BCUT2D eigenvalue weighted by molar-refractivity contribution is 0.100. The second-order valence-corrected chi connectivity index (χ2v) is 3.67. The number of primary amides is 1. The number of benzene rings is 1. The van der Waals surface area contributed by atoms with Crippen molar-refractivity contribution in [2.45, 2.75) is 13.0 Å². The lowest BCUT2D eigenvalue weighted by Crippen LogP contribution is -2.23. The summed E-state index contributed by atoms with van der Waals surface area (Å²) in [5.41, 5.74) is 12.4. The Morgan fingerprint density at radius 1 is 1.56 bits per heavy atom. The summed E-state index contributed by atoms with van der Waals surface area (Å²) in [6, 6.07) is 5.10. The minimum atomic E-state index is -0.501. The predicted molar refractivity (Wildman–Crippen MR) is 64.3 cm³/mol. The Hall–Kier alpha value is -1.75. The topological polar surface area (TPSA) is 90.4 Å². The zero-order valence-corrected chi connectivity index (χ0v) is 9.49. The summed E-state index contributed by atoms with van der Waals surface area (Å²) in [6.07, 6.45) is 0. The van der Waals surface area contributed by atoms with Gasteiger partial charge in [-0.15, -0.1) is 0 Å². The molecule has 5 heteroatoms. The number of nitrogens with two attached hydrogens (primary N) is 2. The molecule has 1 rings (SSSR count). The molecule has 1 aromatic rings. The molecule has 0 saturated heterocycles. The van der Waals surface area contributed by atoms with E-state index >= 15 is 0 Å². The van der Waals surface area contributed by atoms with Crippen LogP contribution in [0.15, 0.2) is 18.2 Å². The van der Waals surface area contributed by atoms with Crippen molar-refractivity contribution in [3.05, 3.63) is 23.8 Å². The maximum Gasteiger partial charge on any atom is 0.250 e. The normalized spacial score (nSPS) is 12.1. The van der Waals surface area contributed by atoms with Gasteiger partial charge in [0.1, 0.15) is 0 Å². The van der Waals surface area contributed by atoms with Crippen LogP contribution in [-0.4, -0.2) is 25.7 Å². The number of anilines is 2. The summed E-state index contributed by atoms with van der Waals surface area (Å²) in [5.74, 6) is -0.501. The minimum absolute atomic E-state index is 0.0896. The van der Waals surface area contributed by atoms with Crippen LogP contribution in [0.2, 0.25) is 0 Å². The second kappa shape index (κ2) is 5.37. The average Bonchev–Trinajstić information content (AvgIpc) is 2.20. The van der Waals surface area contributed by atoms with Crippen molar-refractivity contribution < 1.29 is 9.53 Å². The SMILES string of the molecule is COCC(C)Nc1ccc(N)cc1C(N)=O. The number of methoxy groups -OCH3 is 1. The van der Waals surface area contributed by atoms with E-state index in [1.165, 1.54) is 0 Å². The number of amides is 1. The highest BCUT2D eigenvalue weighted by Gasteiger charge is 2.10. The Balaban J connectivity index is 2.90. The van der Waals surface area contributed by atoms with Gasteiger partial charge in [0, 0.05) is 24.5 Å². The van der Waals surface area contributed by atoms with Gasteiger partial charge in [0.2, 0.25) is 0 Å². The van der Waals surface area contributed by atoms with Gasteiger partial charge in [0.25, 0.3) is 5.91 Å². The Morgan fingerprint density at radius 3 is 2.81 bits per heavy atom. The van der Waals surface area contributed by atoms with Gasteiger partial charge in [0.05, 0.1) is 12.2 Å². The standard InChI is InChI=1S/C11H17N3O2/c1-7(6-16-2)14-10-4-3-8(12)5-9(10)11(13)15/h3-5,7,14H,6,12H2,1-2H3,(H2,13,15). The van der Waals surface area contributed by atoms with Crippen LogP contribution < -0.4 is 16.8 Å². The Labute approximate surface area is 94.8 Å². The van der Waals surface area contributed by atoms with Crippen LogP contribution in [0.5, 0.6) is 0 Å². The Kier molecular flexibility index (Phi) is 4.13. The van der Waals surface area contributed by atoms with Gasteiger partial charge in [-0.05, 0) is 25.1 Å². The third-order valence-corrected chi connectivity index (χ3v) is 2.13. The van der Waals surface area contributed by atoms with Crippen LogP contribution >= 0.6 is 0 Å². The number of carbonyl (C=O) groups excluding carboxylic acids is 1. The fourth-order valence-electron chi connectivity index (χ4n) is 1.45. The molecule has 16 heavy (non-hydrogen) atoms. The van der Waals surface area contributed by atoms with Crippen LogP contribution in [-0.2, 0) is 4.74 Å². The molecule has 88 valence electrons. The van der Waals surface area contributed by atoms with Crippen LogP contribution in [0.1, 0.15) is 17.3 Å². The highest BCUT2D eigenvalue weighted by Crippen LogP contribution is 2.19. The highest BCUT2D eigenvalue weighted by molar-refractivity contribution is 5.99. The van der Waals surface area contributed by atoms with Crippen molar-refractivity contribution in [3.63, 3.8) is 0 Å². The first-order chi connectivity index (χ1) is 7.54. The maximum absolute atomic E-state index is 11.2. The molecule has 0 fully saturated rings. The number of ether oxygens (including phenoxy) is 1. The molecule has 0 radical (unpaired) electrons. The zero-order valence-electron chi connectivity index (χ0n) is 9.49. The summed E-state index contributed by atoms with van der Waals surface area (Å²) in [6.45, 7) is 2.49. The number of rotatable bonds is 5. The maximum atomic E-state index is 11.2. The molecular weight excluding hydrogens is 206 g/mol. The molecule has 0 aliphatic heterocycles. The largest absolute Gasteiger partial charge is 0.399 e. The molecule has 0 aliphatic carbocycles. The van der Waals surface area contributed by atoms with E-state index in [-0.39, 0.29) is 6.04 Å². The molecule has 1 atom stereocenters. The van der Waals surface area contributed by atoms with Crippen molar-refractivity contribution in [1.82, 2.24) is 0 Å². The second-order valence-electron chi connectivity index (χ2n) is 3.67. The van der Waals surface area contributed by atoms with E-state index in [9.17, 15) is 4.79 Å². The lowest BCUT2D eigenvalue weighted by Gasteiger charge is -2.16. The van der Waals surface area contributed by atoms with Crippen molar-refractivity contribution in [1.29, 1.82) is 0 Å². The van der Waals surface area contributed by atoms with E-state index in [4.69, 9.17) is 16.2 Å². The highest BCUT2D eigenvalue weighted by atomic mass is 16.5. The van der Waals surface area contributed by atoms with E-state index in [2.05, 4.69) is 5.32 Å².